The smallest absolute Gasteiger partial charge is 0.247 e. The molecule has 0 spiro atoms. The number of hydrogen-bond acceptors (Lipinski definition) is 2. The number of likely N-dealkylation sites (tertiary alicyclic amines) is 1. The molecule has 0 unspecified atom stereocenters. The monoisotopic (exact) mass is 366 g/mol. The van der Waals surface area contributed by atoms with Crippen molar-refractivity contribution in [2.45, 2.75) is 64.3 Å². The summed E-state index contributed by atoms with van der Waals surface area (Å²) in [5.41, 5.74) is 1.80. The highest BCUT2D eigenvalue weighted by Crippen LogP contribution is 2.60. The predicted octanol–water partition coefficient (Wildman–Crippen LogP) is 4.14. The standard InChI is InChI=1S/C23H30N2O2/c1-15-4-2-5-19(8-15)24-21(26)20-6-3-7-25(20)22(27)23-12-16-9-17(13-23)11-18(10-16)14-23/h2,4-5,8,16-18,20H,3,6-7,9-14H2,1H3,(H,24,26)/t16?,17?,18?,20-,23?/m1/s1. The number of amides is 2. The Labute approximate surface area is 161 Å². The van der Waals surface area contributed by atoms with Crippen LogP contribution < -0.4 is 5.32 Å². The van der Waals surface area contributed by atoms with Crippen LogP contribution in [-0.4, -0.2) is 29.3 Å². The number of hydrogen-bond donors (Lipinski definition) is 1. The number of aryl methyl sites for hydroxylation is 1. The van der Waals surface area contributed by atoms with Crippen molar-refractivity contribution >= 4 is 17.5 Å². The molecule has 4 saturated carbocycles. The maximum Gasteiger partial charge on any atom is 0.247 e. The van der Waals surface area contributed by atoms with E-state index in [1.54, 1.807) is 0 Å². The van der Waals surface area contributed by atoms with E-state index in [1.807, 2.05) is 36.1 Å². The topological polar surface area (TPSA) is 49.4 Å². The maximum absolute atomic E-state index is 13.7. The molecule has 4 bridgehead atoms. The van der Waals surface area contributed by atoms with Gasteiger partial charge in [-0.3, -0.25) is 9.59 Å². The molecule has 1 saturated heterocycles. The summed E-state index contributed by atoms with van der Waals surface area (Å²) in [6.07, 6.45) is 8.94. The van der Waals surface area contributed by atoms with Gasteiger partial charge in [0.05, 0.1) is 5.41 Å². The van der Waals surface area contributed by atoms with Gasteiger partial charge in [-0.1, -0.05) is 12.1 Å². The molecule has 4 nitrogen and oxygen atoms in total. The summed E-state index contributed by atoms with van der Waals surface area (Å²) in [4.78, 5) is 28.6. The Morgan fingerprint density at radius 2 is 1.74 bits per heavy atom. The Balaban J connectivity index is 1.33. The van der Waals surface area contributed by atoms with Crippen LogP contribution in [0.2, 0.25) is 0 Å². The van der Waals surface area contributed by atoms with Gasteiger partial charge in [-0.25, -0.2) is 0 Å². The number of carbonyl (C=O) groups is 2. The highest BCUT2D eigenvalue weighted by Gasteiger charge is 2.56. The first kappa shape index (κ1) is 17.3. The van der Waals surface area contributed by atoms with Crippen LogP contribution in [0, 0.1) is 30.1 Å². The van der Waals surface area contributed by atoms with Crippen molar-refractivity contribution in [3.63, 3.8) is 0 Å². The second kappa shape index (κ2) is 6.35. The third kappa shape index (κ3) is 2.97. The molecule has 1 heterocycles. The largest absolute Gasteiger partial charge is 0.330 e. The van der Waals surface area contributed by atoms with Gasteiger partial charge >= 0.3 is 0 Å². The van der Waals surface area contributed by atoms with Crippen LogP contribution in [0.3, 0.4) is 0 Å². The van der Waals surface area contributed by atoms with Gasteiger partial charge in [0.15, 0.2) is 0 Å². The van der Waals surface area contributed by atoms with E-state index in [-0.39, 0.29) is 17.4 Å². The Morgan fingerprint density at radius 3 is 2.37 bits per heavy atom. The second-order valence-corrected chi connectivity index (χ2v) is 9.71. The van der Waals surface area contributed by atoms with Crippen molar-refractivity contribution in [1.29, 1.82) is 0 Å². The Morgan fingerprint density at radius 1 is 1.07 bits per heavy atom. The zero-order valence-electron chi connectivity index (χ0n) is 16.2. The molecule has 6 rings (SSSR count). The number of rotatable bonds is 3. The maximum atomic E-state index is 13.7. The zero-order chi connectivity index (χ0) is 18.6. The van der Waals surface area contributed by atoms with E-state index in [2.05, 4.69) is 5.32 Å². The van der Waals surface area contributed by atoms with E-state index >= 15 is 0 Å². The lowest BCUT2D eigenvalue weighted by atomic mass is 9.49. The van der Waals surface area contributed by atoms with E-state index < -0.39 is 0 Å². The summed E-state index contributed by atoms with van der Waals surface area (Å²) in [5, 5.41) is 3.05. The van der Waals surface area contributed by atoms with E-state index in [0.717, 1.165) is 67.7 Å². The summed E-state index contributed by atoms with van der Waals surface area (Å²) in [6, 6.07) is 7.58. The van der Waals surface area contributed by atoms with Crippen molar-refractivity contribution in [3.8, 4) is 0 Å². The molecule has 1 aromatic carbocycles. The van der Waals surface area contributed by atoms with Crippen molar-refractivity contribution in [3.05, 3.63) is 29.8 Å². The van der Waals surface area contributed by atoms with Crippen LogP contribution in [0.1, 0.15) is 56.9 Å². The fourth-order valence-electron chi connectivity index (χ4n) is 6.91. The minimum absolute atomic E-state index is 0.0174. The molecule has 0 radical (unpaired) electrons. The Kier molecular flexibility index (Phi) is 4.06. The van der Waals surface area contributed by atoms with Gasteiger partial charge in [0.25, 0.3) is 0 Å². The van der Waals surface area contributed by atoms with E-state index in [1.165, 1.54) is 19.3 Å². The quantitative estimate of drug-likeness (QED) is 0.874. The molecule has 27 heavy (non-hydrogen) atoms. The van der Waals surface area contributed by atoms with Gasteiger partial charge in [0.1, 0.15) is 6.04 Å². The van der Waals surface area contributed by atoms with Gasteiger partial charge in [-0.2, -0.15) is 0 Å². The number of nitrogens with one attached hydrogen (secondary N) is 1. The molecule has 4 aliphatic carbocycles. The molecule has 4 heteroatoms. The number of nitrogens with zero attached hydrogens (tertiary/aromatic N) is 1. The third-order valence-electron chi connectivity index (χ3n) is 7.59. The fourth-order valence-corrected chi connectivity index (χ4v) is 6.91. The first-order valence-corrected chi connectivity index (χ1v) is 10.7. The summed E-state index contributed by atoms with van der Waals surface area (Å²) < 4.78 is 0. The minimum atomic E-state index is -0.300. The SMILES string of the molecule is Cc1cccc(NC(=O)[C@H]2CCCN2C(=O)C23CC4CC(CC(C4)C2)C3)c1. The zero-order valence-corrected chi connectivity index (χ0v) is 16.2. The van der Waals surface area contributed by atoms with Gasteiger partial charge in [0, 0.05) is 12.2 Å². The molecule has 2 amide bonds. The van der Waals surface area contributed by atoms with Crippen molar-refractivity contribution < 1.29 is 9.59 Å². The molecule has 5 aliphatic rings. The summed E-state index contributed by atoms with van der Waals surface area (Å²) in [5.74, 6) is 2.53. The lowest BCUT2D eigenvalue weighted by Gasteiger charge is -2.56. The molecule has 1 N–H and O–H groups in total. The average molecular weight is 367 g/mol. The van der Waals surface area contributed by atoms with Crippen molar-refractivity contribution in [2.75, 3.05) is 11.9 Å². The normalized spacial score (nSPS) is 36.9. The first-order chi connectivity index (χ1) is 13.0. The molecule has 0 aromatic heterocycles. The van der Waals surface area contributed by atoms with Gasteiger partial charge < -0.3 is 10.2 Å². The Bertz CT molecular complexity index is 736. The van der Waals surface area contributed by atoms with Crippen LogP contribution in [-0.2, 0) is 9.59 Å². The van der Waals surface area contributed by atoms with Gasteiger partial charge in [0.2, 0.25) is 11.8 Å². The molecule has 1 aromatic rings. The van der Waals surface area contributed by atoms with E-state index in [9.17, 15) is 9.59 Å². The second-order valence-electron chi connectivity index (χ2n) is 9.71. The van der Waals surface area contributed by atoms with Crippen molar-refractivity contribution in [2.24, 2.45) is 23.2 Å². The predicted molar refractivity (Wildman–Crippen MR) is 105 cm³/mol. The highest BCUT2D eigenvalue weighted by atomic mass is 16.2. The lowest BCUT2D eigenvalue weighted by Crippen LogP contribution is -2.56. The van der Waals surface area contributed by atoms with Crippen LogP contribution in [0.5, 0.6) is 0 Å². The molecular weight excluding hydrogens is 336 g/mol. The molecule has 5 fully saturated rings. The third-order valence-corrected chi connectivity index (χ3v) is 7.59. The summed E-state index contributed by atoms with van der Waals surface area (Å²) in [6.45, 7) is 2.76. The van der Waals surface area contributed by atoms with Crippen LogP contribution in [0.4, 0.5) is 5.69 Å². The van der Waals surface area contributed by atoms with Crippen LogP contribution in [0.15, 0.2) is 24.3 Å². The molecule has 1 atom stereocenters. The van der Waals surface area contributed by atoms with Gasteiger partial charge in [-0.05, 0) is 93.7 Å². The summed E-state index contributed by atoms with van der Waals surface area (Å²) >= 11 is 0. The first-order valence-electron chi connectivity index (χ1n) is 10.7. The highest BCUT2D eigenvalue weighted by molar-refractivity contribution is 5.98. The average Bonchev–Trinajstić information content (AvgIpc) is 3.09. The molecule has 1 aliphatic heterocycles. The van der Waals surface area contributed by atoms with Crippen LogP contribution >= 0.6 is 0 Å². The minimum Gasteiger partial charge on any atom is -0.330 e. The van der Waals surface area contributed by atoms with E-state index in [0.29, 0.717) is 5.91 Å². The summed E-state index contributed by atoms with van der Waals surface area (Å²) in [7, 11) is 0. The van der Waals surface area contributed by atoms with Crippen molar-refractivity contribution in [1.82, 2.24) is 4.90 Å². The van der Waals surface area contributed by atoms with Crippen LogP contribution in [0.25, 0.3) is 0 Å². The fraction of sp³-hybridized carbons (Fsp3) is 0.652. The Hall–Kier alpha value is -1.84. The molecule has 144 valence electrons. The molecular formula is C23H30N2O2. The lowest BCUT2D eigenvalue weighted by molar-refractivity contribution is -0.160. The van der Waals surface area contributed by atoms with Gasteiger partial charge in [-0.15, -0.1) is 0 Å². The number of anilines is 1. The number of carbonyl (C=O) groups excluding carboxylic acids is 2. The van der Waals surface area contributed by atoms with E-state index in [4.69, 9.17) is 0 Å². The number of benzene rings is 1.